The molecule has 1 aromatic heterocycles. The van der Waals surface area contributed by atoms with E-state index < -0.39 is 5.82 Å². The van der Waals surface area contributed by atoms with E-state index >= 15 is 0 Å². The van der Waals surface area contributed by atoms with Gasteiger partial charge >= 0.3 is 0 Å². The third-order valence-corrected chi connectivity index (χ3v) is 2.86. The van der Waals surface area contributed by atoms with Crippen molar-refractivity contribution in [2.24, 2.45) is 0 Å². The van der Waals surface area contributed by atoms with Crippen molar-refractivity contribution in [1.29, 1.82) is 0 Å². The minimum absolute atomic E-state index is 0.0733. The summed E-state index contributed by atoms with van der Waals surface area (Å²) in [7, 11) is 0. The molecule has 2 aromatic rings. The molecule has 18 heavy (non-hydrogen) atoms. The van der Waals surface area contributed by atoms with Crippen molar-refractivity contribution in [2.75, 3.05) is 5.73 Å². The molecule has 0 radical (unpaired) electrons. The molecule has 4 nitrogen and oxygen atoms in total. The fraction of sp³-hybridized carbons (Fsp3) is 0.333. The van der Waals surface area contributed by atoms with Crippen LogP contribution in [-0.2, 0) is 5.41 Å². The van der Waals surface area contributed by atoms with Gasteiger partial charge in [0, 0.05) is 11.5 Å². The number of nitrogen functional groups attached to an aromatic ring is 1. The largest absolute Gasteiger partial charge is 0.381 e. The Balaban J connectivity index is 2.61. The number of nitrogens with two attached hydrogens (primary N) is 1. The minimum Gasteiger partial charge on any atom is -0.381 e. The molecule has 6 heteroatoms. The molecule has 0 fully saturated rings. The molecule has 0 atom stereocenters. The molecule has 0 aliphatic rings. The monoisotopic (exact) mass is 268 g/mol. The Morgan fingerprint density at radius 2 is 2.00 bits per heavy atom. The first kappa shape index (κ1) is 12.8. The van der Waals surface area contributed by atoms with Crippen molar-refractivity contribution in [1.82, 2.24) is 15.0 Å². The molecule has 0 spiro atoms. The van der Waals surface area contributed by atoms with Crippen molar-refractivity contribution in [3.8, 4) is 5.69 Å². The van der Waals surface area contributed by atoms with Gasteiger partial charge in [0.15, 0.2) is 5.82 Å². The first-order valence-corrected chi connectivity index (χ1v) is 5.85. The summed E-state index contributed by atoms with van der Waals surface area (Å²) in [5.41, 5.74) is 6.86. The average Bonchev–Trinajstić information content (AvgIpc) is 2.64. The van der Waals surface area contributed by atoms with Gasteiger partial charge in [-0.1, -0.05) is 37.6 Å². The third kappa shape index (κ3) is 2.18. The van der Waals surface area contributed by atoms with Crippen LogP contribution in [0.3, 0.4) is 0 Å². The van der Waals surface area contributed by atoms with E-state index in [1.54, 1.807) is 6.07 Å². The normalized spacial score (nSPS) is 11.8. The summed E-state index contributed by atoms with van der Waals surface area (Å²) in [6.45, 7) is 5.97. The SMILES string of the molecule is CC(C)(C)c1c(N)nnn1-c1ccc(Cl)c(F)c1. The molecule has 0 saturated carbocycles. The summed E-state index contributed by atoms with van der Waals surface area (Å²) >= 11 is 5.66. The first-order chi connectivity index (χ1) is 8.30. The molecule has 0 bridgehead atoms. The highest BCUT2D eigenvalue weighted by atomic mass is 35.5. The Labute approximate surface area is 110 Å². The number of halogens is 2. The van der Waals surface area contributed by atoms with Crippen LogP contribution in [0.1, 0.15) is 26.5 Å². The van der Waals surface area contributed by atoms with E-state index in [2.05, 4.69) is 10.3 Å². The third-order valence-electron chi connectivity index (χ3n) is 2.55. The molecular weight excluding hydrogens is 255 g/mol. The Hall–Kier alpha value is -1.62. The second-order valence-corrected chi connectivity index (χ2v) is 5.49. The second-order valence-electron chi connectivity index (χ2n) is 5.08. The summed E-state index contributed by atoms with van der Waals surface area (Å²) in [6, 6.07) is 4.47. The number of benzene rings is 1. The van der Waals surface area contributed by atoms with Crippen molar-refractivity contribution >= 4 is 17.4 Å². The maximum Gasteiger partial charge on any atom is 0.170 e. The van der Waals surface area contributed by atoms with Crippen molar-refractivity contribution in [3.63, 3.8) is 0 Å². The maximum absolute atomic E-state index is 13.5. The lowest BCUT2D eigenvalue weighted by atomic mass is 9.91. The maximum atomic E-state index is 13.5. The zero-order valence-electron chi connectivity index (χ0n) is 10.4. The van der Waals surface area contributed by atoms with Gasteiger partial charge in [-0.2, -0.15) is 0 Å². The molecule has 0 unspecified atom stereocenters. The van der Waals surface area contributed by atoms with E-state index in [4.69, 9.17) is 17.3 Å². The van der Waals surface area contributed by atoms with Crippen LogP contribution in [0.15, 0.2) is 18.2 Å². The lowest BCUT2D eigenvalue weighted by Crippen LogP contribution is -2.19. The standard InChI is InChI=1S/C12H14ClFN4/c1-12(2,3)10-11(15)16-17-18(10)7-4-5-8(13)9(14)6-7/h4-6H,15H2,1-3H3. The highest BCUT2D eigenvalue weighted by molar-refractivity contribution is 6.30. The van der Waals surface area contributed by atoms with Crippen LogP contribution >= 0.6 is 11.6 Å². The fourth-order valence-electron chi connectivity index (χ4n) is 1.79. The molecule has 1 aromatic carbocycles. The Bertz CT molecular complexity index is 586. The van der Waals surface area contributed by atoms with E-state index in [1.165, 1.54) is 16.8 Å². The number of hydrogen-bond donors (Lipinski definition) is 1. The van der Waals surface area contributed by atoms with Crippen LogP contribution in [-0.4, -0.2) is 15.0 Å². The summed E-state index contributed by atoms with van der Waals surface area (Å²) in [4.78, 5) is 0. The highest BCUT2D eigenvalue weighted by Gasteiger charge is 2.25. The predicted octanol–water partition coefficient (Wildman–Crippen LogP) is 2.94. The number of nitrogens with zero attached hydrogens (tertiary/aromatic N) is 3. The van der Waals surface area contributed by atoms with Gasteiger partial charge in [0.2, 0.25) is 0 Å². The molecule has 0 saturated heterocycles. The molecule has 0 aliphatic heterocycles. The second kappa shape index (κ2) is 4.24. The predicted molar refractivity (Wildman–Crippen MR) is 69.4 cm³/mol. The number of aromatic nitrogens is 3. The molecule has 2 rings (SSSR count). The molecule has 2 N–H and O–H groups in total. The van der Waals surface area contributed by atoms with Crippen LogP contribution in [0.2, 0.25) is 5.02 Å². The summed E-state index contributed by atoms with van der Waals surface area (Å²) < 4.78 is 15.0. The van der Waals surface area contributed by atoms with E-state index in [0.29, 0.717) is 11.5 Å². The fourth-order valence-corrected chi connectivity index (χ4v) is 1.91. The Morgan fingerprint density at radius 3 is 2.56 bits per heavy atom. The summed E-state index contributed by atoms with van der Waals surface area (Å²) in [5, 5.41) is 7.88. The van der Waals surface area contributed by atoms with Gasteiger partial charge < -0.3 is 5.73 Å². The van der Waals surface area contributed by atoms with Gasteiger partial charge in [0.05, 0.1) is 16.4 Å². The van der Waals surface area contributed by atoms with Gasteiger partial charge in [0.1, 0.15) is 5.82 Å². The molecular formula is C12H14ClFN4. The molecule has 96 valence electrons. The van der Waals surface area contributed by atoms with Crippen molar-refractivity contribution in [2.45, 2.75) is 26.2 Å². The molecule has 0 amide bonds. The van der Waals surface area contributed by atoms with Gasteiger partial charge in [-0.15, -0.1) is 5.10 Å². The van der Waals surface area contributed by atoms with Crippen LogP contribution < -0.4 is 5.73 Å². The quantitative estimate of drug-likeness (QED) is 0.865. The average molecular weight is 269 g/mol. The van der Waals surface area contributed by atoms with Crippen LogP contribution in [0, 0.1) is 5.82 Å². The molecule has 1 heterocycles. The van der Waals surface area contributed by atoms with Gasteiger partial charge in [-0.3, -0.25) is 0 Å². The lowest BCUT2D eigenvalue weighted by molar-refractivity contribution is 0.542. The van der Waals surface area contributed by atoms with Crippen LogP contribution in [0.25, 0.3) is 5.69 Å². The zero-order valence-corrected chi connectivity index (χ0v) is 11.2. The Kier molecular flexibility index (Phi) is 3.02. The summed E-state index contributed by atoms with van der Waals surface area (Å²) in [6.07, 6.45) is 0. The van der Waals surface area contributed by atoms with Crippen LogP contribution in [0.4, 0.5) is 10.2 Å². The van der Waals surface area contributed by atoms with E-state index in [1.807, 2.05) is 20.8 Å². The lowest BCUT2D eigenvalue weighted by Gasteiger charge is -2.20. The van der Waals surface area contributed by atoms with E-state index in [0.717, 1.165) is 5.69 Å². The van der Waals surface area contributed by atoms with Crippen molar-refractivity contribution < 1.29 is 4.39 Å². The van der Waals surface area contributed by atoms with E-state index in [9.17, 15) is 4.39 Å². The van der Waals surface area contributed by atoms with Gasteiger partial charge in [0.25, 0.3) is 0 Å². The number of hydrogen-bond acceptors (Lipinski definition) is 3. The smallest absolute Gasteiger partial charge is 0.170 e. The van der Waals surface area contributed by atoms with Gasteiger partial charge in [-0.25, -0.2) is 9.07 Å². The van der Waals surface area contributed by atoms with Crippen LogP contribution in [0.5, 0.6) is 0 Å². The Morgan fingerprint density at radius 1 is 1.33 bits per heavy atom. The van der Waals surface area contributed by atoms with Crippen molar-refractivity contribution in [3.05, 3.63) is 34.7 Å². The minimum atomic E-state index is -0.497. The highest BCUT2D eigenvalue weighted by Crippen LogP contribution is 2.29. The molecule has 0 aliphatic carbocycles. The number of rotatable bonds is 1. The van der Waals surface area contributed by atoms with E-state index in [-0.39, 0.29) is 10.4 Å². The zero-order chi connectivity index (χ0) is 13.5. The number of anilines is 1. The summed E-state index contributed by atoms with van der Waals surface area (Å²) in [5.74, 6) is -0.152. The van der Waals surface area contributed by atoms with Gasteiger partial charge in [-0.05, 0) is 12.1 Å². The topological polar surface area (TPSA) is 56.7 Å². The first-order valence-electron chi connectivity index (χ1n) is 5.48.